The quantitative estimate of drug-likeness (QED) is 0.880. The molecule has 0 saturated carbocycles. The Morgan fingerprint density at radius 1 is 1.00 bits per heavy atom. The first kappa shape index (κ1) is 18.0. The van der Waals surface area contributed by atoms with Crippen molar-refractivity contribution < 1.29 is 14.6 Å². The van der Waals surface area contributed by atoms with E-state index < -0.39 is 17.7 Å². The molecule has 0 fully saturated rings. The van der Waals surface area contributed by atoms with E-state index in [1.165, 1.54) is 0 Å². The van der Waals surface area contributed by atoms with Crippen molar-refractivity contribution in [2.24, 2.45) is 0 Å². The third kappa shape index (κ3) is 5.10. The number of rotatable bonds is 5. The molecular weight excluding hydrogens is 302 g/mol. The standard InChI is InChI=1S/C20H25NO3/c1-20(2,3)24-19(23)21-17(14-22)18(15-10-6-4-7-11-15)16-12-8-5-9-13-16/h4-13,17-18,22H,14H2,1-3H3,(H,21,23)/t17-/m0/s1. The van der Waals surface area contributed by atoms with Crippen molar-refractivity contribution in [1.29, 1.82) is 0 Å². The Labute approximate surface area is 143 Å². The Balaban J connectivity index is 2.29. The number of carbonyl (C=O) groups excluding carboxylic acids is 1. The molecule has 0 aliphatic heterocycles. The maximum absolute atomic E-state index is 12.2. The fraction of sp³-hybridized carbons (Fsp3) is 0.350. The number of ether oxygens (including phenoxy) is 1. The fourth-order valence-electron chi connectivity index (χ4n) is 2.67. The molecule has 0 spiro atoms. The first-order chi connectivity index (χ1) is 11.4. The van der Waals surface area contributed by atoms with E-state index in [1.54, 1.807) is 0 Å². The van der Waals surface area contributed by atoms with Gasteiger partial charge in [0, 0.05) is 5.92 Å². The van der Waals surface area contributed by atoms with E-state index in [-0.39, 0.29) is 12.5 Å². The zero-order chi connectivity index (χ0) is 17.6. The molecule has 1 amide bonds. The topological polar surface area (TPSA) is 58.6 Å². The van der Waals surface area contributed by atoms with Crippen LogP contribution in [0.25, 0.3) is 0 Å². The van der Waals surface area contributed by atoms with Gasteiger partial charge in [0.05, 0.1) is 12.6 Å². The maximum atomic E-state index is 12.2. The molecular formula is C20H25NO3. The summed E-state index contributed by atoms with van der Waals surface area (Å²) in [6.07, 6.45) is -0.529. The molecule has 2 N–H and O–H groups in total. The molecule has 4 heteroatoms. The number of aliphatic hydroxyl groups is 1. The zero-order valence-electron chi connectivity index (χ0n) is 14.4. The first-order valence-electron chi connectivity index (χ1n) is 8.11. The lowest BCUT2D eigenvalue weighted by Gasteiger charge is -2.29. The Bertz CT molecular complexity index is 595. The molecule has 4 nitrogen and oxygen atoms in total. The van der Waals surface area contributed by atoms with Gasteiger partial charge in [-0.15, -0.1) is 0 Å². The van der Waals surface area contributed by atoms with Crippen LogP contribution in [-0.4, -0.2) is 29.4 Å². The Hall–Kier alpha value is -2.33. The van der Waals surface area contributed by atoms with Crippen LogP contribution in [0.3, 0.4) is 0 Å². The van der Waals surface area contributed by atoms with E-state index >= 15 is 0 Å². The van der Waals surface area contributed by atoms with Crippen LogP contribution in [0.1, 0.15) is 37.8 Å². The van der Waals surface area contributed by atoms with Gasteiger partial charge >= 0.3 is 6.09 Å². The third-order valence-corrected chi connectivity index (χ3v) is 3.62. The van der Waals surface area contributed by atoms with Crippen molar-refractivity contribution >= 4 is 6.09 Å². The number of alkyl carbamates (subject to hydrolysis) is 1. The number of carbonyl (C=O) groups is 1. The predicted octanol–water partition coefficient (Wildman–Crippen LogP) is 3.70. The van der Waals surface area contributed by atoms with Crippen molar-refractivity contribution in [3.8, 4) is 0 Å². The summed E-state index contributed by atoms with van der Waals surface area (Å²) in [6, 6.07) is 19.2. The van der Waals surface area contributed by atoms with Crippen molar-refractivity contribution in [3.05, 3.63) is 71.8 Å². The number of benzene rings is 2. The highest BCUT2D eigenvalue weighted by Gasteiger charge is 2.27. The monoisotopic (exact) mass is 327 g/mol. The van der Waals surface area contributed by atoms with Crippen molar-refractivity contribution in [1.82, 2.24) is 5.32 Å². The summed E-state index contributed by atoms with van der Waals surface area (Å²) in [6.45, 7) is 5.25. The fourth-order valence-corrected chi connectivity index (χ4v) is 2.67. The van der Waals surface area contributed by atoms with E-state index in [0.29, 0.717) is 0 Å². The van der Waals surface area contributed by atoms with Crippen LogP contribution in [0.2, 0.25) is 0 Å². The second-order valence-electron chi connectivity index (χ2n) is 6.73. The average molecular weight is 327 g/mol. The molecule has 0 aliphatic rings. The second kappa shape index (κ2) is 7.97. The van der Waals surface area contributed by atoms with Crippen LogP contribution in [-0.2, 0) is 4.74 Å². The molecule has 0 heterocycles. The number of hydrogen-bond acceptors (Lipinski definition) is 3. The average Bonchev–Trinajstić information content (AvgIpc) is 2.54. The largest absolute Gasteiger partial charge is 0.444 e. The molecule has 0 radical (unpaired) electrons. The molecule has 0 unspecified atom stereocenters. The second-order valence-corrected chi connectivity index (χ2v) is 6.73. The first-order valence-corrected chi connectivity index (χ1v) is 8.11. The molecule has 2 aromatic rings. The van der Waals surface area contributed by atoms with Crippen LogP contribution in [0, 0.1) is 0 Å². The molecule has 1 atom stereocenters. The lowest BCUT2D eigenvalue weighted by atomic mass is 9.85. The summed E-state index contributed by atoms with van der Waals surface area (Å²) < 4.78 is 5.33. The molecule has 128 valence electrons. The summed E-state index contributed by atoms with van der Waals surface area (Å²) in [5, 5.41) is 12.7. The van der Waals surface area contributed by atoms with Gasteiger partial charge in [0.1, 0.15) is 5.60 Å². The van der Waals surface area contributed by atoms with E-state index in [0.717, 1.165) is 11.1 Å². The lowest BCUT2D eigenvalue weighted by Crippen LogP contribution is -2.44. The normalized spacial score (nSPS) is 12.7. The molecule has 0 saturated heterocycles. The van der Waals surface area contributed by atoms with Crippen LogP contribution in [0.15, 0.2) is 60.7 Å². The molecule has 0 aliphatic carbocycles. The minimum Gasteiger partial charge on any atom is -0.444 e. The van der Waals surface area contributed by atoms with Gasteiger partial charge in [-0.25, -0.2) is 4.79 Å². The predicted molar refractivity (Wildman–Crippen MR) is 95.0 cm³/mol. The number of amides is 1. The minimum absolute atomic E-state index is 0.162. The summed E-state index contributed by atoms with van der Waals surface area (Å²) >= 11 is 0. The van der Waals surface area contributed by atoms with Gasteiger partial charge in [0.15, 0.2) is 0 Å². The van der Waals surface area contributed by atoms with Gasteiger partial charge in [0.2, 0.25) is 0 Å². The van der Waals surface area contributed by atoms with Crippen LogP contribution in [0.4, 0.5) is 4.79 Å². The van der Waals surface area contributed by atoms with Gasteiger partial charge in [0.25, 0.3) is 0 Å². The Morgan fingerprint density at radius 3 is 1.83 bits per heavy atom. The van der Waals surface area contributed by atoms with Crippen LogP contribution < -0.4 is 5.32 Å². The van der Waals surface area contributed by atoms with E-state index in [2.05, 4.69) is 5.32 Å². The SMILES string of the molecule is CC(C)(C)OC(=O)N[C@@H](CO)C(c1ccccc1)c1ccccc1. The van der Waals surface area contributed by atoms with E-state index in [1.807, 2.05) is 81.4 Å². The molecule has 2 rings (SSSR count). The van der Waals surface area contributed by atoms with Crippen molar-refractivity contribution in [2.45, 2.75) is 38.3 Å². The highest BCUT2D eigenvalue weighted by molar-refractivity contribution is 5.68. The van der Waals surface area contributed by atoms with Gasteiger partial charge in [-0.1, -0.05) is 60.7 Å². The molecule has 2 aromatic carbocycles. The summed E-state index contributed by atoms with van der Waals surface area (Å²) in [7, 11) is 0. The number of hydrogen-bond donors (Lipinski definition) is 2. The summed E-state index contributed by atoms with van der Waals surface area (Å²) in [4.78, 5) is 12.2. The smallest absolute Gasteiger partial charge is 0.407 e. The minimum atomic E-state index is -0.584. The summed E-state index contributed by atoms with van der Waals surface area (Å²) in [5.41, 5.74) is 1.47. The van der Waals surface area contributed by atoms with Gasteiger partial charge in [-0.3, -0.25) is 0 Å². The maximum Gasteiger partial charge on any atom is 0.407 e. The molecule has 0 aromatic heterocycles. The van der Waals surface area contributed by atoms with Crippen molar-refractivity contribution in [2.75, 3.05) is 6.61 Å². The van der Waals surface area contributed by atoms with E-state index in [4.69, 9.17) is 4.74 Å². The van der Waals surface area contributed by atoms with Gasteiger partial charge in [-0.2, -0.15) is 0 Å². The van der Waals surface area contributed by atoms with E-state index in [9.17, 15) is 9.90 Å². The third-order valence-electron chi connectivity index (χ3n) is 3.62. The van der Waals surface area contributed by atoms with Gasteiger partial charge in [-0.05, 0) is 31.9 Å². The number of aliphatic hydroxyl groups excluding tert-OH is 1. The zero-order valence-corrected chi connectivity index (χ0v) is 14.4. The Kier molecular flexibility index (Phi) is 5.99. The number of nitrogens with one attached hydrogen (secondary N) is 1. The highest BCUT2D eigenvalue weighted by atomic mass is 16.6. The summed E-state index contributed by atoms with van der Waals surface area (Å²) in [5.74, 6) is -0.162. The van der Waals surface area contributed by atoms with Crippen LogP contribution in [0.5, 0.6) is 0 Å². The molecule has 0 bridgehead atoms. The van der Waals surface area contributed by atoms with Crippen molar-refractivity contribution in [3.63, 3.8) is 0 Å². The Morgan fingerprint density at radius 2 is 1.46 bits per heavy atom. The highest BCUT2D eigenvalue weighted by Crippen LogP contribution is 2.28. The van der Waals surface area contributed by atoms with Crippen LogP contribution >= 0.6 is 0 Å². The lowest BCUT2D eigenvalue weighted by molar-refractivity contribution is 0.0476. The van der Waals surface area contributed by atoms with Gasteiger partial charge < -0.3 is 15.2 Å². The molecule has 24 heavy (non-hydrogen) atoms.